The minimum Gasteiger partial charge on any atom is -0.508 e. The van der Waals surface area contributed by atoms with Gasteiger partial charge in [-0.3, -0.25) is 14.4 Å². The summed E-state index contributed by atoms with van der Waals surface area (Å²) in [6.45, 7) is 2.58. The highest BCUT2D eigenvalue weighted by Gasteiger charge is 2.24. The van der Waals surface area contributed by atoms with Gasteiger partial charge < -0.3 is 30.7 Å². The van der Waals surface area contributed by atoms with Crippen molar-refractivity contribution in [3.8, 4) is 5.75 Å². The van der Waals surface area contributed by atoms with Gasteiger partial charge >= 0.3 is 0 Å². The minimum absolute atomic E-state index is 0.0575. The zero-order chi connectivity index (χ0) is 23.1. The number of phenolic OH excluding ortho intramolecular Hbond substituents is 1. The fourth-order valence-electron chi connectivity index (χ4n) is 2.78. The van der Waals surface area contributed by atoms with E-state index in [0.29, 0.717) is 13.0 Å². The number of hydrogen-bond acceptors (Lipinski definition) is 8. The van der Waals surface area contributed by atoms with Crippen molar-refractivity contribution >= 4 is 17.5 Å². The highest BCUT2D eigenvalue weighted by Crippen LogP contribution is 2.13. The van der Waals surface area contributed by atoms with Crippen LogP contribution in [0.2, 0.25) is 0 Å². The number of aromatic hydroxyl groups is 1. The predicted octanol–water partition coefficient (Wildman–Crippen LogP) is 0.348. The molecule has 2 atom stereocenters. The lowest BCUT2D eigenvalue weighted by molar-refractivity contribution is -0.131. The molecule has 174 valence electrons. The van der Waals surface area contributed by atoms with Crippen molar-refractivity contribution < 1.29 is 34.1 Å². The Hall–Kier alpha value is -2.33. The molecule has 1 amide bonds. The third kappa shape index (κ3) is 11.6. The number of benzene rings is 1. The van der Waals surface area contributed by atoms with Crippen LogP contribution in [0.25, 0.3) is 0 Å². The summed E-state index contributed by atoms with van der Waals surface area (Å²) in [5, 5.41) is 21.4. The summed E-state index contributed by atoms with van der Waals surface area (Å²) in [4.78, 5) is 35.8. The average molecular weight is 439 g/mol. The molecule has 9 nitrogen and oxygen atoms in total. The van der Waals surface area contributed by atoms with Gasteiger partial charge in [0.1, 0.15) is 12.4 Å². The van der Waals surface area contributed by atoms with Crippen LogP contribution in [-0.4, -0.2) is 73.3 Å². The number of aliphatic hydroxyl groups excluding tert-OH is 1. The van der Waals surface area contributed by atoms with Crippen molar-refractivity contribution in [2.75, 3.05) is 39.6 Å². The molecule has 0 spiro atoms. The Morgan fingerprint density at radius 3 is 2.42 bits per heavy atom. The number of nitrogens with two attached hydrogens (primary N) is 1. The lowest BCUT2D eigenvalue weighted by Crippen LogP contribution is -2.40. The van der Waals surface area contributed by atoms with E-state index < -0.39 is 24.5 Å². The second kappa shape index (κ2) is 15.5. The van der Waals surface area contributed by atoms with Crippen LogP contribution >= 0.6 is 0 Å². The third-order valence-corrected chi connectivity index (χ3v) is 4.55. The lowest BCUT2D eigenvalue weighted by Gasteiger charge is -2.17. The number of aliphatic hydroxyl groups is 1. The summed E-state index contributed by atoms with van der Waals surface area (Å²) < 4.78 is 10.5. The number of carbonyl (C=O) groups is 3. The van der Waals surface area contributed by atoms with Crippen LogP contribution in [0.3, 0.4) is 0 Å². The molecule has 0 saturated carbocycles. The van der Waals surface area contributed by atoms with Crippen LogP contribution in [0.15, 0.2) is 24.3 Å². The van der Waals surface area contributed by atoms with E-state index in [1.54, 1.807) is 12.1 Å². The first kappa shape index (κ1) is 26.7. The zero-order valence-corrected chi connectivity index (χ0v) is 18.0. The van der Waals surface area contributed by atoms with Crippen molar-refractivity contribution in [2.45, 2.75) is 38.6 Å². The molecule has 0 bridgehead atoms. The molecule has 5 N–H and O–H groups in total. The van der Waals surface area contributed by atoms with Crippen molar-refractivity contribution in [1.82, 2.24) is 5.32 Å². The van der Waals surface area contributed by atoms with Crippen molar-refractivity contribution in [2.24, 2.45) is 11.7 Å². The predicted molar refractivity (Wildman–Crippen MR) is 115 cm³/mol. The van der Waals surface area contributed by atoms with E-state index in [9.17, 15) is 24.6 Å². The van der Waals surface area contributed by atoms with Gasteiger partial charge in [-0.15, -0.1) is 0 Å². The summed E-state index contributed by atoms with van der Waals surface area (Å²) in [5.74, 6) is -1.47. The highest BCUT2D eigenvalue weighted by molar-refractivity contribution is 5.89. The quantitative estimate of drug-likeness (QED) is 0.255. The van der Waals surface area contributed by atoms with Gasteiger partial charge in [-0.25, -0.2) is 0 Å². The molecule has 1 aromatic carbocycles. The van der Waals surface area contributed by atoms with Crippen LogP contribution in [0.1, 0.15) is 31.7 Å². The Morgan fingerprint density at radius 1 is 1.10 bits per heavy atom. The normalized spacial score (nSPS) is 12.9. The highest BCUT2D eigenvalue weighted by atomic mass is 16.5. The number of amides is 1. The molecule has 0 aliphatic rings. The summed E-state index contributed by atoms with van der Waals surface area (Å²) in [6, 6.07) is 5.56. The molecule has 0 saturated heterocycles. The number of Topliss-reactive ketones (excluding diaryl/α,β-unsaturated/α-hetero) is 2. The van der Waals surface area contributed by atoms with Gasteiger partial charge in [-0.2, -0.15) is 0 Å². The maximum absolute atomic E-state index is 12.3. The first-order valence-corrected chi connectivity index (χ1v) is 10.5. The van der Waals surface area contributed by atoms with Crippen LogP contribution in [0.5, 0.6) is 5.75 Å². The smallest absolute Gasteiger partial charge is 0.225 e. The zero-order valence-electron chi connectivity index (χ0n) is 18.0. The number of ether oxygens (including phenoxy) is 2. The van der Waals surface area contributed by atoms with Crippen LogP contribution in [0, 0.1) is 5.92 Å². The van der Waals surface area contributed by atoms with Crippen LogP contribution < -0.4 is 11.1 Å². The molecule has 0 fully saturated rings. The molecule has 0 aliphatic carbocycles. The monoisotopic (exact) mass is 438 g/mol. The third-order valence-electron chi connectivity index (χ3n) is 4.55. The summed E-state index contributed by atoms with van der Waals surface area (Å²) in [5.41, 5.74) is 6.72. The van der Waals surface area contributed by atoms with E-state index in [1.807, 2.05) is 6.92 Å². The summed E-state index contributed by atoms with van der Waals surface area (Å²) in [6.07, 6.45) is 1.41. The largest absolute Gasteiger partial charge is 0.508 e. The first-order valence-electron chi connectivity index (χ1n) is 10.5. The molecule has 1 rings (SSSR count). The second-order valence-corrected chi connectivity index (χ2v) is 7.27. The molecule has 0 radical (unpaired) electrons. The molecular formula is C22H34N2O7. The number of nitrogens with one attached hydrogen (secondary N) is 1. The fourth-order valence-corrected chi connectivity index (χ4v) is 2.78. The molecule has 9 heteroatoms. The van der Waals surface area contributed by atoms with Gasteiger partial charge in [-0.1, -0.05) is 19.1 Å². The maximum Gasteiger partial charge on any atom is 0.225 e. The van der Waals surface area contributed by atoms with Gasteiger partial charge in [0.05, 0.1) is 38.4 Å². The van der Waals surface area contributed by atoms with Crippen molar-refractivity contribution in [3.05, 3.63) is 29.8 Å². The Kier molecular flexibility index (Phi) is 13.3. The van der Waals surface area contributed by atoms with E-state index in [0.717, 1.165) is 12.0 Å². The van der Waals surface area contributed by atoms with E-state index in [2.05, 4.69) is 5.32 Å². The molecular weight excluding hydrogens is 404 g/mol. The Bertz CT molecular complexity index is 679. The van der Waals surface area contributed by atoms with Gasteiger partial charge in [0.25, 0.3) is 0 Å². The van der Waals surface area contributed by atoms with E-state index >= 15 is 0 Å². The van der Waals surface area contributed by atoms with E-state index in [-0.39, 0.29) is 56.5 Å². The van der Waals surface area contributed by atoms with Crippen LogP contribution in [-0.2, 0) is 30.3 Å². The topological polar surface area (TPSA) is 148 Å². The van der Waals surface area contributed by atoms with Crippen molar-refractivity contribution in [1.29, 1.82) is 0 Å². The molecule has 0 heterocycles. The summed E-state index contributed by atoms with van der Waals surface area (Å²) >= 11 is 0. The average Bonchev–Trinajstić information content (AvgIpc) is 2.75. The van der Waals surface area contributed by atoms with Gasteiger partial charge in [-0.05, 0) is 30.5 Å². The minimum atomic E-state index is -0.883. The van der Waals surface area contributed by atoms with Gasteiger partial charge in [0.2, 0.25) is 5.91 Å². The fraction of sp³-hybridized carbons (Fsp3) is 0.591. The van der Waals surface area contributed by atoms with E-state index in [4.69, 9.17) is 15.2 Å². The first-order chi connectivity index (χ1) is 14.9. The molecule has 1 aromatic rings. The Morgan fingerprint density at radius 2 is 1.77 bits per heavy atom. The molecule has 1 unspecified atom stereocenters. The Balaban J connectivity index is 2.23. The SMILES string of the molecule is CCCC(=O)COCCOCCNC(=O)[C@H](CO)CC(=O)C(N)Cc1ccc(O)cc1. The molecule has 31 heavy (non-hydrogen) atoms. The van der Waals surface area contributed by atoms with Crippen molar-refractivity contribution in [3.63, 3.8) is 0 Å². The number of carbonyl (C=O) groups excluding carboxylic acids is 3. The van der Waals surface area contributed by atoms with E-state index in [1.165, 1.54) is 12.1 Å². The van der Waals surface area contributed by atoms with Gasteiger partial charge in [0, 0.05) is 19.4 Å². The number of phenols is 1. The lowest BCUT2D eigenvalue weighted by atomic mass is 9.95. The maximum atomic E-state index is 12.3. The molecule has 0 aromatic heterocycles. The second-order valence-electron chi connectivity index (χ2n) is 7.27. The van der Waals surface area contributed by atoms with Crippen LogP contribution in [0.4, 0.5) is 0 Å². The number of ketones is 2. The summed E-state index contributed by atoms with van der Waals surface area (Å²) in [7, 11) is 0. The Labute approximate surface area is 182 Å². The standard InChI is InChI=1S/C22H34N2O7/c1-2-3-19(27)15-31-11-10-30-9-8-24-22(29)17(14-25)13-21(28)20(23)12-16-4-6-18(26)7-5-16/h4-7,17,20,25-26H,2-3,8-15,23H2,1H3,(H,24,29)/t17-,20?/m0/s1. The number of hydrogen-bond donors (Lipinski definition) is 4. The van der Waals surface area contributed by atoms with Gasteiger partial charge in [0.15, 0.2) is 11.6 Å². The number of rotatable bonds is 17. The molecule has 0 aliphatic heterocycles.